The van der Waals surface area contributed by atoms with E-state index in [1.807, 2.05) is 45.0 Å². The summed E-state index contributed by atoms with van der Waals surface area (Å²) in [6.07, 6.45) is 0. The van der Waals surface area contributed by atoms with Gasteiger partial charge in [0, 0.05) is 17.8 Å². The maximum atomic E-state index is 12.5. The molecule has 7 nitrogen and oxygen atoms in total. The molecule has 0 aliphatic carbocycles. The number of hydrogen-bond donors (Lipinski definition) is 3. The van der Waals surface area contributed by atoms with Crippen molar-refractivity contribution in [3.05, 3.63) is 53.6 Å². The fraction of sp³-hybridized carbons (Fsp3) is 0.333. The van der Waals surface area contributed by atoms with E-state index in [1.54, 1.807) is 18.2 Å². The molecule has 0 radical (unpaired) electrons. The van der Waals surface area contributed by atoms with Crippen molar-refractivity contribution in [2.45, 2.75) is 32.9 Å². The molecule has 0 saturated carbocycles. The number of hydrogen-bond acceptors (Lipinski definition) is 5. The molecular formula is C21H25N3O4. The summed E-state index contributed by atoms with van der Waals surface area (Å²) in [4.78, 5) is 24.7. The zero-order chi connectivity index (χ0) is 20.1. The van der Waals surface area contributed by atoms with E-state index in [9.17, 15) is 9.59 Å². The van der Waals surface area contributed by atoms with E-state index >= 15 is 0 Å². The van der Waals surface area contributed by atoms with E-state index in [0.717, 1.165) is 5.56 Å². The summed E-state index contributed by atoms with van der Waals surface area (Å²) in [5.41, 5.74) is 1.69. The number of nitrogens with one attached hydrogen (secondary N) is 3. The summed E-state index contributed by atoms with van der Waals surface area (Å²) in [6, 6.07) is 12.7. The standard InChI is InChI=1S/C21H25N3O4/c1-21(2,3)24-20(26)15-6-4-5-7-16(15)22-12-19(25)23-11-14-8-9-17-18(10-14)28-13-27-17/h4-10,22H,11-13H2,1-3H3,(H,23,25)(H,24,26). The van der Waals surface area contributed by atoms with Crippen LogP contribution in [0.3, 0.4) is 0 Å². The molecule has 1 aliphatic rings. The third kappa shape index (κ3) is 5.16. The molecule has 0 saturated heterocycles. The summed E-state index contributed by atoms with van der Waals surface area (Å²) in [6.45, 7) is 6.42. The average molecular weight is 383 g/mol. The van der Waals surface area contributed by atoms with Crippen LogP contribution in [0.2, 0.25) is 0 Å². The number of amides is 2. The van der Waals surface area contributed by atoms with Crippen molar-refractivity contribution in [3.8, 4) is 11.5 Å². The van der Waals surface area contributed by atoms with Gasteiger partial charge in [0.2, 0.25) is 12.7 Å². The van der Waals surface area contributed by atoms with Gasteiger partial charge in [0.05, 0.1) is 12.1 Å². The molecule has 148 valence electrons. The molecule has 3 N–H and O–H groups in total. The number of carbonyl (C=O) groups is 2. The molecule has 2 aromatic carbocycles. The smallest absolute Gasteiger partial charge is 0.253 e. The van der Waals surface area contributed by atoms with Crippen LogP contribution in [0.4, 0.5) is 5.69 Å². The number of rotatable bonds is 6. The number of ether oxygens (including phenoxy) is 2. The second-order valence-electron chi connectivity index (χ2n) is 7.57. The SMILES string of the molecule is CC(C)(C)NC(=O)c1ccccc1NCC(=O)NCc1ccc2c(c1)OCO2. The van der Waals surface area contributed by atoms with Gasteiger partial charge in [-0.25, -0.2) is 0 Å². The average Bonchev–Trinajstić information content (AvgIpc) is 3.11. The Bertz CT molecular complexity index is 874. The second kappa shape index (κ2) is 8.21. The summed E-state index contributed by atoms with van der Waals surface area (Å²) >= 11 is 0. The molecule has 0 spiro atoms. The van der Waals surface area contributed by atoms with E-state index in [4.69, 9.17) is 9.47 Å². The van der Waals surface area contributed by atoms with E-state index < -0.39 is 0 Å². The summed E-state index contributed by atoms with van der Waals surface area (Å²) in [7, 11) is 0. The predicted molar refractivity (Wildman–Crippen MR) is 107 cm³/mol. The van der Waals surface area contributed by atoms with Crippen molar-refractivity contribution in [1.29, 1.82) is 0 Å². The molecule has 2 aromatic rings. The lowest BCUT2D eigenvalue weighted by Crippen LogP contribution is -2.41. The lowest BCUT2D eigenvalue weighted by atomic mass is 10.1. The highest BCUT2D eigenvalue weighted by atomic mass is 16.7. The molecule has 0 bridgehead atoms. The van der Waals surface area contributed by atoms with Crippen LogP contribution in [0, 0.1) is 0 Å². The first-order valence-corrected chi connectivity index (χ1v) is 9.12. The first-order chi connectivity index (χ1) is 13.3. The zero-order valence-corrected chi connectivity index (χ0v) is 16.3. The monoisotopic (exact) mass is 383 g/mol. The second-order valence-corrected chi connectivity index (χ2v) is 7.57. The molecule has 0 atom stereocenters. The predicted octanol–water partition coefficient (Wildman–Crippen LogP) is 2.67. The molecule has 2 amide bonds. The summed E-state index contributed by atoms with van der Waals surface area (Å²) in [5.74, 6) is 1.03. The number of benzene rings is 2. The van der Waals surface area contributed by atoms with Crippen LogP contribution in [0.1, 0.15) is 36.7 Å². The van der Waals surface area contributed by atoms with Crippen molar-refractivity contribution >= 4 is 17.5 Å². The van der Waals surface area contributed by atoms with Gasteiger partial charge in [0.1, 0.15) is 0 Å². The van der Waals surface area contributed by atoms with E-state index in [2.05, 4.69) is 16.0 Å². The highest BCUT2D eigenvalue weighted by Gasteiger charge is 2.18. The van der Waals surface area contributed by atoms with Crippen molar-refractivity contribution in [2.24, 2.45) is 0 Å². The van der Waals surface area contributed by atoms with Crippen LogP contribution in [-0.4, -0.2) is 30.7 Å². The Labute approximate surface area is 164 Å². The van der Waals surface area contributed by atoms with Gasteiger partial charge in [-0.15, -0.1) is 0 Å². The van der Waals surface area contributed by atoms with Crippen LogP contribution < -0.4 is 25.4 Å². The van der Waals surface area contributed by atoms with Gasteiger partial charge in [-0.05, 0) is 50.6 Å². The van der Waals surface area contributed by atoms with E-state index in [0.29, 0.717) is 29.3 Å². The minimum atomic E-state index is -0.341. The first-order valence-electron chi connectivity index (χ1n) is 9.12. The molecule has 1 heterocycles. The lowest BCUT2D eigenvalue weighted by Gasteiger charge is -2.21. The summed E-state index contributed by atoms with van der Waals surface area (Å²) < 4.78 is 10.6. The number of carbonyl (C=O) groups excluding carboxylic acids is 2. The maximum Gasteiger partial charge on any atom is 0.253 e. The molecule has 7 heteroatoms. The Balaban J connectivity index is 1.54. The fourth-order valence-corrected chi connectivity index (χ4v) is 2.73. The number of para-hydroxylation sites is 1. The number of fused-ring (bicyclic) bond motifs is 1. The third-order valence-electron chi connectivity index (χ3n) is 4.03. The van der Waals surface area contributed by atoms with Gasteiger partial charge in [-0.1, -0.05) is 18.2 Å². The molecular weight excluding hydrogens is 358 g/mol. The van der Waals surface area contributed by atoms with Crippen molar-refractivity contribution < 1.29 is 19.1 Å². The van der Waals surface area contributed by atoms with Gasteiger partial charge in [0.25, 0.3) is 5.91 Å². The van der Waals surface area contributed by atoms with Crippen LogP contribution in [0.5, 0.6) is 11.5 Å². The first kappa shape index (κ1) is 19.5. The van der Waals surface area contributed by atoms with Gasteiger partial charge < -0.3 is 25.4 Å². The van der Waals surface area contributed by atoms with Crippen LogP contribution in [-0.2, 0) is 11.3 Å². The van der Waals surface area contributed by atoms with Crippen molar-refractivity contribution in [3.63, 3.8) is 0 Å². The molecule has 0 aromatic heterocycles. The molecule has 0 unspecified atom stereocenters. The maximum absolute atomic E-state index is 12.5. The van der Waals surface area contributed by atoms with Gasteiger partial charge in [-0.3, -0.25) is 9.59 Å². The Kier molecular flexibility index (Phi) is 5.73. The highest BCUT2D eigenvalue weighted by molar-refractivity contribution is 6.00. The zero-order valence-electron chi connectivity index (χ0n) is 16.3. The summed E-state index contributed by atoms with van der Waals surface area (Å²) in [5, 5.41) is 8.82. The topological polar surface area (TPSA) is 88.7 Å². The van der Waals surface area contributed by atoms with Gasteiger partial charge in [0.15, 0.2) is 11.5 Å². The van der Waals surface area contributed by atoms with Crippen molar-refractivity contribution in [2.75, 3.05) is 18.7 Å². The molecule has 0 fully saturated rings. The van der Waals surface area contributed by atoms with Crippen LogP contribution >= 0.6 is 0 Å². The Hall–Kier alpha value is -3.22. The Morgan fingerprint density at radius 2 is 1.79 bits per heavy atom. The third-order valence-corrected chi connectivity index (χ3v) is 4.03. The minimum Gasteiger partial charge on any atom is -0.454 e. The van der Waals surface area contributed by atoms with E-state index in [1.165, 1.54) is 0 Å². The van der Waals surface area contributed by atoms with Gasteiger partial charge >= 0.3 is 0 Å². The van der Waals surface area contributed by atoms with Gasteiger partial charge in [-0.2, -0.15) is 0 Å². The normalized spacial score (nSPS) is 12.4. The fourth-order valence-electron chi connectivity index (χ4n) is 2.73. The van der Waals surface area contributed by atoms with Crippen LogP contribution in [0.15, 0.2) is 42.5 Å². The minimum absolute atomic E-state index is 0.0599. The van der Waals surface area contributed by atoms with Crippen molar-refractivity contribution in [1.82, 2.24) is 10.6 Å². The molecule has 1 aliphatic heterocycles. The lowest BCUT2D eigenvalue weighted by molar-refractivity contribution is -0.119. The molecule has 28 heavy (non-hydrogen) atoms. The van der Waals surface area contributed by atoms with E-state index in [-0.39, 0.29) is 30.7 Å². The van der Waals surface area contributed by atoms with Crippen LogP contribution in [0.25, 0.3) is 0 Å². The number of anilines is 1. The Morgan fingerprint density at radius 3 is 2.57 bits per heavy atom. The highest BCUT2D eigenvalue weighted by Crippen LogP contribution is 2.32. The largest absolute Gasteiger partial charge is 0.454 e. The Morgan fingerprint density at radius 1 is 1.04 bits per heavy atom. The quantitative estimate of drug-likeness (QED) is 0.714. The molecule has 3 rings (SSSR count).